The van der Waals surface area contributed by atoms with Gasteiger partial charge in [-0.2, -0.15) is 0 Å². The van der Waals surface area contributed by atoms with Gasteiger partial charge in [0, 0.05) is 6.04 Å². The molecular weight excluding hydrogens is 84.9 g/mol. The molecule has 1 radical (unpaired) electrons. The van der Waals surface area contributed by atoms with Crippen LogP contribution in [-0.2, 0) is 0 Å². The molecule has 0 saturated heterocycles. The molecule has 1 aliphatic rings. The molecule has 0 bridgehead atoms. The van der Waals surface area contributed by atoms with Crippen molar-refractivity contribution in [2.45, 2.75) is 19.3 Å². The van der Waals surface area contributed by atoms with Gasteiger partial charge in [0.25, 0.3) is 0 Å². The molecular formula is C5H9BN. The van der Waals surface area contributed by atoms with Gasteiger partial charge in [0.2, 0.25) is 7.41 Å². The molecule has 0 fully saturated rings. The lowest BCUT2D eigenvalue weighted by atomic mass is 9.93. The molecule has 1 rings (SSSR count). The molecule has 1 nitrogen and oxygen atoms in total. The van der Waals surface area contributed by atoms with Crippen LogP contribution in [0.15, 0.2) is 12.2 Å². The van der Waals surface area contributed by atoms with Crippen LogP contribution in [-0.4, -0.2) is 13.5 Å². The maximum atomic E-state index is 3.17. The van der Waals surface area contributed by atoms with E-state index in [9.17, 15) is 0 Å². The van der Waals surface area contributed by atoms with Crippen molar-refractivity contribution in [1.82, 2.24) is 5.23 Å². The highest BCUT2D eigenvalue weighted by atomic mass is 14.8. The van der Waals surface area contributed by atoms with Crippen molar-refractivity contribution in [3.63, 3.8) is 0 Å². The fourth-order valence-electron chi connectivity index (χ4n) is 0.610. The second kappa shape index (κ2) is 2.17. The fourth-order valence-corrected chi connectivity index (χ4v) is 0.610. The summed E-state index contributed by atoms with van der Waals surface area (Å²) in [6, 6.07) is 0.644. The smallest absolute Gasteiger partial charge is 0.202 e. The van der Waals surface area contributed by atoms with Crippen molar-refractivity contribution in [2.75, 3.05) is 0 Å². The Bertz CT molecular complexity index is 80.1. The summed E-state index contributed by atoms with van der Waals surface area (Å²) in [7, 11) is 1.98. The van der Waals surface area contributed by atoms with Crippen molar-refractivity contribution in [1.29, 1.82) is 0 Å². The fraction of sp³-hybridized carbons (Fsp3) is 0.600. The molecule has 0 saturated carbocycles. The minimum atomic E-state index is 0.644. The van der Waals surface area contributed by atoms with Crippen molar-refractivity contribution in [3.8, 4) is 0 Å². The molecule has 0 aromatic carbocycles. The lowest BCUT2D eigenvalue weighted by Crippen LogP contribution is -2.32. The molecule has 0 amide bonds. The van der Waals surface area contributed by atoms with Gasteiger partial charge in [-0.25, -0.2) is 0 Å². The van der Waals surface area contributed by atoms with Crippen molar-refractivity contribution in [3.05, 3.63) is 12.2 Å². The zero-order valence-corrected chi connectivity index (χ0v) is 4.52. The van der Waals surface area contributed by atoms with Gasteiger partial charge in [-0.05, 0) is 6.42 Å². The Balaban J connectivity index is 2.06. The van der Waals surface area contributed by atoms with Gasteiger partial charge in [-0.3, -0.25) is 0 Å². The van der Waals surface area contributed by atoms with Crippen LogP contribution in [0.4, 0.5) is 0 Å². The molecule has 1 atom stereocenters. The van der Waals surface area contributed by atoms with Gasteiger partial charge in [-0.1, -0.05) is 19.0 Å². The topological polar surface area (TPSA) is 12.0 Å². The summed E-state index contributed by atoms with van der Waals surface area (Å²) >= 11 is 0. The summed E-state index contributed by atoms with van der Waals surface area (Å²) in [5.41, 5.74) is 0. The van der Waals surface area contributed by atoms with Crippen LogP contribution in [0.5, 0.6) is 0 Å². The quantitative estimate of drug-likeness (QED) is 0.389. The molecule has 7 heavy (non-hydrogen) atoms. The Morgan fingerprint density at radius 1 is 1.86 bits per heavy atom. The molecule has 0 aliphatic heterocycles. The third-order valence-electron chi connectivity index (χ3n) is 1.14. The Kier molecular flexibility index (Phi) is 1.52. The highest BCUT2D eigenvalue weighted by Crippen LogP contribution is 2.05. The van der Waals surface area contributed by atoms with Crippen LogP contribution in [0.25, 0.3) is 0 Å². The number of hydrogen-bond donors (Lipinski definition) is 1. The largest absolute Gasteiger partial charge is 0.354 e. The van der Waals surface area contributed by atoms with E-state index in [2.05, 4.69) is 17.4 Å². The van der Waals surface area contributed by atoms with Crippen LogP contribution in [0.3, 0.4) is 0 Å². The van der Waals surface area contributed by atoms with E-state index >= 15 is 0 Å². The van der Waals surface area contributed by atoms with Gasteiger partial charge >= 0.3 is 0 Å². The third-order valence-corrected chi connectivity index (χ3v) is 1.14. The van der Waals surface area contributed by atoms with E-state index in [1.54, 1.807) is 0 Å². The molecule has 0 heterocycles. The number of rotatable bonds is 2. The normalized spacial score (nSPS) is 26.7. The Morgan fingerprint density at radius 2 is 2.57 bits per heavy atom. The lowest BCUT2D eigenvalue weighted by Gasteiger charge is -2.17. The van der Waals surface area contributed by atoms with Crippen molar-refractivity contribution >= 4 is 7.41 Å². The molecule has 0 spiro atoms. The summed E-state index contributed by atoms with van der Waals surface area (Å²) in [6.45, 7) is 2.01. The Labute approximate surface area is 45.1 Å². The Morgan fingerprint density at radius 3 is 2.71 bits per heavy atom. The monoisotopic (exact) mass is 94.1 g/mol. The lowest BCUT2D eigenvalue weighted by molar-refractivity contribution is 0.705. The molecule has 37 valence electrons. The summed E-state index contributed by atoms with van der Waals surface area (Å²) in [5.74, 6) is 0. The zero-order chi connectivity index (χ0) is 5.11. The molecule has 0 aromatic heterocycles. The van der Waals surface area contributed by atoms with E-state index in [4.69, 9.17) is 0 Å². The Hall–Kier alpha value is -0.235. The zero-order valence-electron chi connectivity index (χ0n) is 4.52. The predicted octanol–water partition coefficient (Wildman–Crippen LogP) is 0.572. The van der Waals surface area contributed by atoms with Crippen LogP contribution < -0.4 is 5.23 Å². The van der Waals surface area contributed by atoms with E-state index in [-0.39, 0.29) is 0 Å². The van der Waals surface area contributed by atoms with E-state index in [1.165, 1.54) is 6.42 Å². The third kappa shape index (κ3) is 1.06. The number of hydrogen-bond acceptors (Lipinski definition) is 1. The maximum Gasteiger partial charge on any atom is 0.202 e. The molecule has 1 unspecified atom stereocenters. The van der Waals surface area contributed by atoms with Gasteiger partial charge in [0.1, 0.15) is 0 Å². The average molecular weight is 93.9 g/mol. The maximum absolute atomic E-state index is 3.17. The summed E-state index contributed by atoms with van der Waals surface area (Å²) in [6.07, 6.45) is 5.53. The van der Waals surface area contributed by atoms with E-state index in [0.29, 0.717) is 6.04 Å². The second-order valence-corrected chi connectivity index (χ2v) is 1.73. The van der Waals surface area contributed by atoms with E-state index in [1.807, 2.05) is 14.2 Å². The van der Waals surface area contributed by atoms with Crippen LogP contribution in [0.1, 0.15) is 6.42 Å². The molecule has 0 aromatic rings. The molecule has 1 N–H and O–H groups in total. The second-order valence-electron chi connectivity index (χ2n) is 1.73. The average Bonchev–Trinajstić information content (AvgIpc) is 1.55. The SMILES string of the molecule is C[B]NC1C=CC1. The highest BCUT2D eigenvalue weighted by molar-refractivity contribution is 6.30. The molecule has 2 heteroatoms. The first-order valence-electron chi connectivity index (χ1n) is 2.64. The molecule has 1 aliphatic carbocycles. The first-order valence-corrected chi connectivity index (χ1v) is 2.64. The predicted molar refractivity (Wildman–Crippen MR) is 32.3 cm³/mol. The van der Waals surface area contributed by atoms with Gasteiger partial charge in [-0.15, -0.1) is 0 Å². The summed E-state index contributed by atoms with van der Waals surface area (Å²) in [4.78, 5) is 0. The van der Waals surface area contributed by atoms with Gasteiger partial charge in [0.15, 0.2) is 0 Å². The van der Waals surface area contributed by atoms with E-state index < -0.39 is 0 Å². The summed E-state index contributed by atoms with van der Waals surface area (Å²) in [5, 5.41) is 3.17. The van der Waals surface area contributed by atoms with Gasteiger partial charge < -0.3 is 5.23 Å². The van der Waals surface area contributed by atoms with Crippen LogP contribution in [0.2, 0.25) is 6.82 Å². The van der Waals surface area contributed by atoms with E-state index in [0.717, 1.165) is 0 Å². The van der Waals surface area contributed by atoms with Crippen LogP contribution >= 0.6 is 0 Å². The van der Waals surface area contributed by atoms with Crippen molar-refractivity contribution in [2.24, 2.45) is 0 Å². The van der Waals surface area contributed by atoms with Crippen molar-refractivity contribution < 1.29 is 0 Å². The minimum Gasteiger partial charge on any atom is -0.354 e. The number of nitrogens with one attached hydrogen (secondary N) is 1. The van der Waals surface area contributed by atoms with Gasteiger partial charge in [0.05, 0.1) is 0 Å². The minimum absolute atomic E-state index is 0.644. The summed E-state index contributed by atoms with van der Waals surface area (Å²) < 4.78 is 0. The first-order chi connectivity index (χ1) is 3.43. The van der Waals surface area contributed by atoms with Crippen LogP contribution in [0, 0.1) is 0 Å². The highest BCUT2D eigenvalue weighted by Gasteiger charge is 2.05. The standard InChI is InChI=1S/C5H9BN/c1-6-7-5-3-2-4-5/h2-3,5,7H,4H2,1H3. The first kappa shape index (κ1) is 4.91.